The molecule has 0 unspecified atom stereocenters. The van der Waals surface area contributed by atoms with Crippen LogP contribution in [-0.4, -0.2) is 21.1 Å². The summed E-state index contributed by atoms with van der Waals surface area (Å²) in [6.07, 6.45) is -4.70. The van der Waals surface area contributed by atoms with Gasteiger partial charge in [0.25, 0.3) is 0 Å². The largest absolute Gasteiger partial charge is 0.402 e. The minimum Gasteiger partial charge on any atom is -0.207 e. The van der Waals surface area contributed by atoms with Gasteiger partial charge in [-0.15, -0.1) is 0 Å². The zero-order valence-corrected chi connectivity index (χ0v) is 10.5. The number of hydrogen-bond donors (Lipinski definition) is 1. The molecular weight excluding hydrogens is 330 g/mol. The molecule has 0 radical (unpaired) electrons. The monoisotopic (exact) mass is 335 g/mol. The summed E-state index contributed by atoms with van der Waals surface area (Å²) < 4.78 is 73.0. The van der Waals surface area contributed by atoms with Gasteiger partial charge in [0.1, 0.15) is 17.3 Å². The number of rotatable bonds is 3. The molecule has 17 heavy (non-hydrogen) atoms. The van der Waals surface area contributed by atoms with Crippen LogP contribution in [-0.2, 0) is 10.0 Å². The molecule has 0 saturated carbocycles. The predicted octanol–water partition coefficient (Wildman–Crippen LogP) is 2.43. The molecule has 0 fully saturated rings. The second-order valence-electron chi connectivity index (χ2n) is 3.01. The Hall–Kier alpha value is -0.670. The van der Waals surface area contributed by atoms with Gasteiger partial charge in [-0.05, 0) is 18.2 Å². The van der Waals surface area contributed by atoms with E-state index in [9.17, 15) is 26.0 Å². The van der Waals surface area contributed by atoms with Crippen LogP contribution >= 0.6 is 15.9 Å². The van der Waals surface area contributed by atoms with E-state index in [2.05, 4.69) is 15.9 Å². The number of hydrogen-bond acceptors (Lipinski definition) is 2. The average Bonchev–Trinajstić information content (AvgIpc) is 2.13. The molecule has 0 heterocycles. The summed E-state index contributed by atoms with van der Waals surface area (Å²) in [6.45, 7) is -1.75. The van der Waals surface area contributed by atoms with Crippen molar-refractivity contribution in [3.8, 4) is 0 Å². The van der Waals surface area contributed by atoms with Gasteiger partial charge in [0.05, 0.1) is 0 Å². The van der Waals surface area contributed by atoms with Gasteiger partial charge in [0.2, 0.25) is 10.0 Å². The fraction of sp³-hybridized carbons (Fsp3) is 0.250. The number of nitrogens with one attached hydrogen (secondary N) is 1. The molecule has 1 N–H and O–H groups in total. The van der Waals surface area contributed by atoms with Crippen molar-refractivity contribution in [1.82, 2.24) is 4.72 Å². The summed E-state index contributed by atoms with van der Waals surface area (Å²) in [5.41, 5.74) is 0. The highest BCUT2D eigenvalue weighted by Gasteiger charge is 2.30. The van der Waals surface area contributed by atoms with Crippen molar-refractivity contribution < 1.29 is 26.0 Å². The molecule has 0 bridgehead atoms. The highest BCUT2D eigenvalue weighted by molar-refractivity contribution is 9.10. The molecule has 96 valence electrons. The zero-order valence-electron chi connectivity index (χ0n) is 8.05. The fourth-order valence-electron chi connectivity index (χ4n) is 0.948. The highest BCUT2D eigenvalue weighted by Crippen LogP contribution is 2.20. The summed E-state index contributed by atoms with van der Waals surface area (Å²) in [7, 11) is -4.51. The molecule has 1 rings (SSSR count). The molecule has 0 amide bonds. The summed E-state index contributed by atoms with van der Waals surface area (Å²) in [5.74, 6) is -1.13. The van der Waals surface area contributed by atoms with Crippen LogP contribution in [0.3, 0.4) is 0 Å². The lowest BCUT2D eigenvalue weighted by atomic mass is 10.3. The first kappa shape index (κ1) is 14.4. The van der Waals surface area contributed by atoms with Gasteiger partial charge in [-0.2, -0.15) is 13.2 Å². The second kappa shape index (κ2) is 4.91. The van der Waals surface area contributed by atoms with Gasteiger partial charge in [-0.3, -0.25) is 0 Å². The van der Waals surface area contributed by atoms with Crippen molar-refractivity contribution in [2.45, 2.75) is 11.1 Å². The maximum atomic E-state index is 13.2. The summed E-state index contributed by atoms with van der Waals surface area (Å²) in [6, 6.07) is 2.94. The summed E-state index contributed by atoms with van der Waals surface area (Å²) in [5, 5.41) is 0. The predicted molar refractivity (Wildman–Crippen MR) is 55.3 cm³/mol. The van der Waals surface area contributed by atoms with Crippen molar-refractivity contribution in [3.63, 3.8) is 0 Å². The second-order valence-corrected chi connectivity index (χ2v) is 5.67. The Morgan fingerprint density at radius 2 is 1.88 bits per heavy atom. The van der Waals surface area contributed by atoms with Crippen LogP contribution in [0.25, 0.3) is 0 Å². The zero-order chi connectivity index (χ0) is 13.3. The Labute approximate surface area is 103 Å². The molecule has 9 heteroatoms. The number of sulfonamides is 1. The highest BCUT2D eigenvalue weighted by atomic mass is 79.9. The van der Waals surface area contributed by atoms with E-state index in [0.29, 0.717) is 0 Å². The lowest BCUT2D eigenvalue weighted by Crippen LogP contribution is -2.34. The van der Waals surface area contributed by atoms with E-state index in [1.54, 1.807) is 0 Å². The van der Waals surface area contributed by atoms with Crippen LogP contribution < -0.4 is 4.72 Å². The van der Waals surface area contributed by atoms with E-state index in [4.69, 9.17) is 0 Å². The fourth-order valence-corrected chi connectivity index (χ4v) is 2.35. The van der Waals surface area contributed by atoms with E-state index in [-0.39, 0.29) is 4.47 Å². The topological polar surface area (TPSA) is 46.2 Å². The van der Waals surface area contributed by atoms with E-state index in [0.717, 1.165) is 12.1 Å². The van der Waals surface area contributed by atoms with Crippen LogP contribution in [0.15, 0.2) is 27.6 Å². The lowest BCUT2D eigenvalue weighted by molar-refractivity contribution is -0.121. The van der Waals surface area contributed by atoms with Crippen LogP contribution in [0, 0.1) is 5.82 Å². The third kappa shape index (κ3) is 4.25. The Kier molecular flexibility index (Phi) is 4.15. The molecule has 0 saturated heterocycles. The van der Waals surface area contributed by atoms with Crippen LogP contribution in [0.1, 0.15) is 0 Å². The first-order valence-corrected chi connectivity index (χ1v) is 6.41. The van der Waals surface area contributed by atoms with Crippen molar-refractivity contribution in [2.75, 3.05) is 6.54 Å². The third-order valence-electron chi connectivity index (χ3n) is 1.65. The van der Waals surface area contributed by atoms with Gasteiger partial charge in [-0.1, -0.05) is 15.9 Å². The van der Waals surface area contributed by atoms with E-state index < -0.39 is 33.5 Å². The molecule has 3 nitrogen and oxygen atoms in total. The van der Waals surface area contributed by atoms with Crippen LogP contribution in [0.2, 0.25) is 0 Å². The smallest absolute Gasteiger partial charge is 0.207 e. The molecule has 0 spiro atoms. The molecule has 0 aliphatic carbocycles. The molecule has 1 aromatic carbocycles. The number of halogens is 5. The van der Waals surface area contributed by atoms with Gasteiger partial charge in [0.15, 0.2) is 0 Å². The normalized spacial score (nSPS) is 12.8. The SMILES string of the molecule is O=S(=O)(NCC(F)(F)F)c1ccc(Br)cc1F. The Bertz CT molecular complexity index is 515. The van der Waals surface area contributed by atoms with Crippen LogP contribution in [0.4, 0.5) is 17.6 Å². The lowest BCUT2D eigenvalue weighted by Gasteiger charge is -2.09. The van der Waals surface area contributed by atoms with Crippen molar-refractivity contribution >= 4 is 26.0 Å². The third-order valence-corrected chi connectivity index (χ3v) is 3.57. The Morgan fingerprint density at radius 3 is 2.35 bits per heavy atom. The molecule has 1 aromatic rings. The van der Waals surface area contributed by atoms with E-state index in [1.807, 2.05) is 0 Å². The van der Waals surface area contributed by atoms with Gasteiger partial charge < -0.3 is 0 Å². The maximum Gasteiger partial charge on any atom is 0.402 e. The summed E-state index contributed by atoms with van der Waals surface area (Å²) in [4.78, 5) is -0.829. The number of benzene rings is 1. The van der Waals surface area contributed by atoms with Crippen molar-refractivity contribution in [1.29, 1.82) is 0 Å². The molecule has 0 aliphatic rings. The summed E-state index contributed by atoms with van der Waals surface area (Å²) >= 11 is 2.90. The quantitative estimate of drug-likeness (QED) is 0.862. The van der Waals surface area contributed by atoms with Crippen molar-refractivity contribution in [2.24, 2.45) is 0 Å². The van der Waals surface area contributed by atoms with E-state index >= 15 is 0 Å². The molecule has 0 atom stereocenters. The number of alkyl halides is 3. The van der Waals surface area contributed by atoms with Gasteiger partial charge in [-0.25, -0.2) is 17.5 Å². The van der Waals surface area contributed by atoms with Gasteiger partial charge >= 0.3 is 6.18 Å². The first-order valence-electron chi connectivity index (χ1n) is 4.13. The minimum atomic E-state index is -4.70. The van der Waals surface area contributed by atoms with Crippen LogP contribution in [0.5, 0.6) is 0 Å². The van der Waals surface area contributed by atoms with E-state index in [1.165, 1.54) is 10.8 Å². The Morgan fingerprint density at radius 1 is 1.29 bits per heavy atom. The molecule has 0 aromatic heterocycles. The maximum absolute atomic E-state index is 13.2. The average molecular weight is 336 g/mol. The van der Waals surface area contributed by atoms with Crippen molar-refractivity contribution in [3.05, 3.63) is 28.5 Å². The Balaban J connectivity index is 2.98. The standard InChI is InChI=1S/C8H6BrF4NO2S/c9-5-1-2-7(6(10)3-5)17(15,16)14-4-8(11,12)13/h1-3,14H,4H2. The molecular formula is C8H6BrF4NO2S. The molecule has 0 aliphatic heterocycles. The first-order chi connectivity index (χ1) is 7.62. The minimum absolute atomic E-state index is 0.282. The van der Waals surface area contributed by atoms with Gasteiger partial charge in [0, 0.05) is 4.47 Å².